The Morgan fingerprint density at radius 2 is 2.07 bits per heavy atom. The fourth-order valence-electron chi connectivity index (χ4n) is 3.36. The molecule has 2 aromatic rings. The number of amides is 1. The van der Waals surface area contributed by atoms with Crippen LogP contribution < -0.4 is 10.2 Å². The monoisotopic (exact) mass is 418 g/mol. The highest BCUT2D eigenvalue weighted by molar-refractivity contribution is 7.91. The molecule has 1 amide bonds. The van der Waals surface area contributed by atoms with E-state index in [0.717, 1.165) is 23.4 Å². The normalized spacial score (nSPS) is 18.2. The molecule has 1 aliphatic rings. The van der Waals surface area contributed by atoms with Gasteiger partial charge in [-0.05, 0) is 44.4 Å². The van der Waals surface area contributed by atoms with Crippen LogP contribution in [-0.2, 0) is 21.1 Å². The Hall–Kier alpha value is -2.68. The van der Waals surface area contributed by atoms with Crippen LogP contribution in [0, 0.1) is 13.8 Å². The van der Waals surface area contributed by atoms with Crippen LogP contribution in [0.5, 0.6) is 5.75 Å². The number of ether oxygens (including phenoxy) is 1. The molecule has 2 heterocycles. The van der Waals surface area contributed by atoms with Crippen molar-refractivity contribution in [3.05, 3.63) is 46.8 Å². The molecule has 1 atom stereocenters. The molecule has 0 spiro atoms. The van der Waals surface area contributed by atoms with Crippen LogP contribution in [-0.4, -0.2) is 48.4 Å². The number of benzene rings is 1. The molecule has 9 heteroatoms. The lowest BCUT2D eigenvalue weighted by Crippen LogP contribution is -2.24. The molecule has 0 bridgehead atoms. The first-order valence-corrected chi connectivity index (χ1v) is 11.4. The van der Waals surface area contributed by atoms with Gasteiger partial charge in [0.1, 0.15) is 5.75 Å². The minimum absolute atomic E-state index is 0.110. The van der Waals surface area contributed by atoms with Crippen molar-refractivity contribution in [1.29, 1.82) is 0 Å². The highest BCUT2D eigenvalue weighted by Crippen LogP contribution is 2.26. The largest absolute Gasteiger partial charge is 0.484 e. The second-order valence-corrected chi connectivity index (χ2v) is 9.39. The maximum atomic E-state index is 11.9. The lowest BCUT2D eigenvalue weighted by Gasteiger charge is -2.10. The smallest absolute Gasteiger partial charge is 0.277 e. The molecule has 1 aromatic heterocycles. The van der Waals surface area contributed by atoms with E-state index in [1.807, 2.05) is 38.1 Å². The third-order valence-corrected chi connectivity index (χ3v) is 6.77. The molecule has 1 aromatic carbocycles. The van der Waals surface area contributed by atoms with Gasteiger partial charge in [0.2, 0.25) is 0 Å². The Balaban J connectivity index is 1.56. The predicted octanol–water partition coefficient (Wildman–Crippen LogP) is 1.95. The average Bonchev–Trinajstić information content (AvgIpc) is 3.19. The summed E-state index contributed by atoms with van der Waals surface area (Å²) in [5.74, 6) is 0.557. The van der Waals surface area contributed by atoms with E-state index >= 15 is 0 Å². The molecule has 1 aliphatic heterocycles. The number of nitrogens with one attached hydrogen (secondary N) is 1. The first kappa shape index (κ1) is 21.0. The van der Waals surface area contributed by atoms with Gasteiger partial charge in [-0.25, -0.2) is 13.8 Å². The Kier molecular flexibility index (Phi) is 6.36. The van der Waals surface area contributed by atoms with Gasteiger partial charge in [0.15, 0.2) is 16.4 Å². The van der Waals surface area contributed by atoms with Gasteiger partial charge in [0.05, 0.1) is 29.5 Å². The van der Waals surface area contributed by atoms with Crippen molar-refractivity contribution in [1.82, 2.24) is 15.2 Å². The van der Waals surface area contributed by atoms with Crippen molar-refractivity contribution in [2.45, 2.75) is 39.7 Å². The van der Waals surface area contributed by atoms with Crippen molar-refractivity contribution < 1.29 is 17.9 Å². The van der Waals surface area contributed by atoms with Crippen molar-refractivity contribution in [3.63, 3.8) is 0 Å². The van der Waals surface area contributed by atoms with E-state index < -0.39 is 9.84 Å². The number of hydrogen-bond donors (Lipinski definition) is 1. The molecule has 0 radical (unpaired) electrons. The summed E-state index contributed by atoms with van der Waals surface area (Å²) in [5.41, 5.74) is 5.98. The van der Waals surface area contributed by atoms with E-state index in [2.05, 4.69) is 22.5 Å². The fraction of sp³-hybridized carbons (Fsp3) is 0.450. The van der Waals surface area contributed by atoms with E-state index in [-0.39, 0.29) is 30.1 Å². The molecular formula is C20H26N4O4S. The molecule has 0 saturated carbocycles. The summed E-state index contributed by atoms with van der Waals surface area (Å²) < 4.78 is 30.7. The molecule has 1 fully saturated rings. The van der Waals surface area contributed by atoms with Crippen LogP contribution in [0.4, 0.5) is 0 Å². The summed E-state index contributed by atoms with van der Waals surface area (Å²) in [4.78, 5) is 11.9. The zero-order valence-corrected chi connectivity index (χ0v) is 17.7. The molecule has 156 valence electrons. The number of hydrogen-bond acceptors (Lipinski definition) is 6. The summed E-state index contributed by atoms with van der Waals surface area (Å²) >= 11 is 0. The number of rotatable bonds is 7. The topological polar surface area (TPSA) is 103 Å². The summed E-state index contributed by atoms with van der Waals surface area (Å²) in [6.45, 7) is 5.64. The van der Waals surface area contributed by atoms with Crippen molar-refractivity contribution in [2.75, 3.05) is 18.1 Å². The molecule has 0 unspecified atom stereocenters. The summed E-state index contributed by atoms with van der Waals surface area (Å²) in [5, 5.41) is 8.46. The maximum Gasteiger partial charge on any atom is 0.277 e. The first-order chi connectivity index (χ1) is 13.8. The van der Waals surface area contributed by atoms with Gasteiger partial charge in [-0.2, -0.15) is 10.2 Å². The average molecular weight is 419 g/mol. The number of sulfone groups is 1. The number of nitrogens with zero attached hydrogens (tertiary/aromatic N) is 3. The second-order valence-electron chi connectivity index (χ2n) is 7.17. The third-order valence-electron chi connectivity index (χ3n) is 5.02. The van der Waals surface area contributed by atoms with Crippen molar-refractivity contribution >= 4 is 22.0 Å². The SMILES string of the molecule is CCc1ccc(OCC(=O)N/N=C\c2c(C)nn([C@H]3CCS(=O)(=O)C3)c2C)cc1. The Bertz CT molecular complexity index is 1010. The molecule has 8 nitrogen and oxygen atoms in total. The van der Waals surface area contributed by atoms with Crippen LogP contribution in [0.2, 0.25) is 0 Å². The maximum absolute atomic E-state index is 11.9. The number of carbonyl (C=O) groups is 1. The van der Waals surface area contributed by atoms with Gasteiger partial charge >= 0.3 is 0 Å². The predicted molar refractivity (Wildman–Crippen MR) is 111 cm³/mol. The molecule has 0 aliphatic carbocycles. The quantitative estimate of drug-likeness (QED) is 0.547. The molecule has 1 saturated heterocycles. The van der Waals surface area contributed by atoms with Gasteiger partial charge < -0.3 is 4.74 Å². The number of carbonyl (C=O) groups excluding carboxylic acids is 1. The molecule has 29 heavy (non-hydrogen) atoms. The van der Waals surface area contributed by atoms with E-state index in [1.54, 1.807) is 4.68 Å². The van der Waals surface area contributed by atoms with Crippen LogP contribution >= 0.6 is 0 Å². The molecular weight excluding hydrogens is 392 g/mol. The standard InChI is InChI=1S/C20H26N4O4S/c1-4-16-5-7-18(8-6-16)28-12-20(25)22-21-11-19-14(2)23-24(15(19)3)17-9-10-29(26,27)13-17/h5-8,11,17H,4,9-10,12-13H2,1-3H3,(H,22,25)/b21-11-/t17-/m0/s1. The van der Waals surface area contributed by atoms with Crippen LogP contribution in [0.15, 0.2) is 29.4 Å². The summed E-state index contributed by atoms with van der Waals surface area (Å²) in [6.07, 6.45) is 3.04. The highest BCUT2D eigenvalue weighted by atomic mass is 32.2. The van der Waals surface area contributed by atoms with Crippen molar-refractivity contribution in [3.8, 4) is 5.75 Å². The van der Waals surface area contributed by atoms with E-state index in [1.165, 1.54) is 11.8 Å². The fourth-order valence-corrected chi connectivity index (χ4v) is 5.05. The van der Waals surface area contributed by atoms with Gasteiger partial charge in [-0.3, -0.25) is 9.48 Å². The summed E-state index contributed by atoms with van der Waals surface area (Å²) in [7, 11) is -2.99. The van der Waals surface area contributed by atoms with Gasteiger partial charge in [0.25, 0.3) is 5.91 Å². The van der Waals surface area contributed by atoms with Crippen LogP contribution in [0.25, 0.3) is 0 Å². The van der Waals surface area contributed by atoms with E-state index in [4.69, 9.17) is 4.74 Å². The lowest BCUT2D eigenvalue weighted by atomic mass is 10.2. The van der Waals surface area contributed by atoms with Crippen molar-refractivity contribution in [2.24, 2.45) is 5.10 Å². The van der Waals surface area contributed by atoms with Crippen LogP contribution in [0.3, 0.4) is 0 Å². The van der Waals surface area contributed by atoms with Gasteiger partial charge in [-0.15, -0.1) is 0 Å². The molecule has 3 rings (SSSR count). The Labute approximate surface area is 170 Å². The number of hydrazone groups is 1. The second kappa shape index (κ2) is 8.77. The first-order valence-electron chi connectivity index (χ1n) is 9.59. The zero-order chi connectivity index (χ0) is 21.0. The lowest BCUT2D eigenvalue weighted by molar-refractivity contribution is -0.123. The van der Waals surface area contributed by atoms with E-state index in [0.29, 0.717) is 12.2 Å². The van der Waals surface area contributed by atoms with E-state index in [9.17, 15) is 13.2 Å². The molecule has 1 N–H and O–H groups in total. The van der Waals surface area contributed by atoms with Gasteiger partial charge in [0, 0.05) is 11.3 Å². The van der Waals surface area contributed by atoms with Gasteiger partial charge in [-0.1, -0.05) is 19.1 Å². The van der Waals surface area contributed by atoms with Crippen LogP contribution in [0.1, 0.15) is 41.9 Å². The third kappa shape index (κ3) is 5.23. The Morgan fingerprint density at radius 1 is 1.34 bits per heavy atom. The number of aryl methyl sites for hydroxylation is 2. The number of aromatic nitrogens is 2. The minimum Gasteiger partial charge on any atom is -0.484 e. The minimum atomic E-state index is -2.99. The zero-order valence-electron chi connectivity index (χ0n) is 16.9. The highest BCUT2D eigenvalue weighted by Gasteiger charge is 2.31. The summed E-state index contributed by atoms with van der Waals surface area (Å²) in [6, 6.07) is 7.44. The Morgan fingerprint density at radius 3 is 2.69 bits per heavy atom.